The smallest absolute Gasteiger partial charge is 0.291 e. The zero-order valence-electron chi connectivity index (χ0n) is 8.37. The number of hydrogen-bond donors (Lipinski definition) is 1. The molecular weight excluding hydrogens is 178 g/mol. The summed E-state index contributed by atoms with van der Waals surface area (Å²) in [6, 6.07) is 2.02. The normalized spacial score (nSPS) is 11.0. The molecule has 2 aromatic heterocycles. The number of aromatic amines is 1. The highest BCUT2D eigenvalue weighted by Crippen LogP contribution is 2.09. The lowest BCUT2D eigenvalue weighted by molar-refractivity contribution is 0.753. The molecule has 2 heterocycles. The van der Waals surface area contributed by atoms with E-state index in [1.165, 1.54) is 0 Å². The molecule has 0 amide bonds. The van der Waals surface area contributed by atoms with Gasteiger partial charge in [0.2, 0.25) is 0 Å². The molecular formula is C10H13N3O. The molecule has 0 radical (unpaired) electrons. The maximum absolute atomic E-state index is 11.4. The maximum atomic E-state index is 11.4. The van der Waals surface area contributed by atoms with Crippen LogP contribution in [0.2, 0.25) is 0 Å². The largest absolute Gasteiger partial charge is 0.327 e. The third kappa shape index (κ3) is 1.23. The lowest BCUT2D eigenvalue weighted by Crippen LogP contribution is -2.14. The molecule has 1 N–H and O–H groups in total. The molecule has 0 unspecified atom stereocenters. The molecule has 2 rings (SSSR count). The molecule has 0 aromatic carbocycles. The summed E-state index contributed by atoms with van der Waals surface area (Å²) >= 11 is 0. The fraction of sp³-hybridized carbons (Fsp3) is 0.400. The Balaban J connectivity index is 2.77. The zero-order chi connectivity index (χ0) is 10.1. The van der Waals surface area contributed by atoms with Gasteiger partial charge in [-0.1, -0.05) is 6.92 Å². The van der Waals surface area contributed by atoms with E-state index in [1.54, 1.807) is 10.8 Å². The first kappa shape index (κ1) is 8.99. The molecule has 4 nitrogen and oxygen atoms in total. The van der Waals surface area contributed by atoms with Gasteiger partial charge >= 0.3 is 5.69 Å². The second-order valence-electron chi connectivity index (χ2n) is 3.24. The van der Waals surface area contributed by atoms with E-state index >= 15 is 0 Å². The van der Waals surface area contributed by atoms with Crippen LogP contribution in [0.25, 0.3) is 11.2 Å². The van der Waals surface area contributed by atoms with E-state index in [4.69, 9.17) is 0 Å². The van der Waals surface area contributed by atoms with Gasteiger partial charge in [-0.05, 0) is 25.0 Å². The Hall–Kier alpha value is -1.58. The van der Waals surface area contributed by atoms with Crippen molar-refractivity contribution >= 4 is 11.2 Å². The van der Waals surface area contributed by atoms with Crippen molar-refractivity contribution in [1.82, 2.24) is 14.5 Å². The highest BCUT2D eigenvalue weighted by molar-refractivity contribution is 5.71. The number of imidazole rings is 1. The standard InChI is InChI=1S/C10H13N3O/c1-3-7-5-8-9(11-6-7)12-10(14)13(8)4-2/h5-6H,3-4H2,1-2H3,(H,11,12,14). The first-order chi connectivity index (χ1) is 6.76. The molecule has 74 valence electrons. The van der Waals surface area contributed by atoms with Crippen molar-refractivity contribution < 1.29 is 0 Å². The molecule has 4 heteroatoms. The first-order valence-electron chi connectivity index (χ1n) is 4.83. The fourth-order valence-corrected chi connectivity index (χ4v) is 1.58. The van der Waals surface area contributed by atoms with Gasteiger partial charge in [0.25, 0.3) is 0 Å². The minimum atomic E-state index is -0.0803. The molecule has 0 aliphatic carbocycles. The van der Waals surface area contributed by atoms with Gasteiger partial charge in [-0.2, -0.15) is 0 Å². The van der Waals surface area contributed by atoms with Crippen molar-refractivity contribution in [2.45, 2.75) is 26.8 Å². The summed E-state index contributed by atoms with van der Waals surface area (Å²) < 4.78 is 1.70. The van der Waals surface area contributed by atoms with E-state index in [-0.39, 0.29) is 5.69 Å². The number of aryl methyl sites for hydroxylation is 2. The van der Waals surface area contributed by atoms with Crippen LogP contribution < -0.4 is 5.69 Å². The van der Waals surface area contributed by atoms with E-state index in [9.17, 15) is 4.79 Å². The number of rotatable bonds is 2. The SMILES string of the molecule is CCc1cnc2[nH]c(=O)n(CC)c2c1. The van der Waals surface area contributed by atoms with E-state index in [0.29, 0.717) is 12.2 Å². The molecule has 0 spiro atoms. The number of fused-ring (bicyclic) bond motifs is 1. The number of aromatic nitrogens is 3. The summed E-state index contributed by atoms with van der Waals surface area (Å²) in [5.74, 6) is 0. The topological polar surface area (TPSA) is 50.7 Å². The van der Waals surface area contributed by atoms with Gasteiger partial charge < -0.3 is 0 Å². The van der Waals surface area contributed by atoms with Crippen molar-refractivity contribution in [2.24, 2.45) is 0 Å². The summed E-state index contributed by atoms with van der Waals surface area (Å²) in [6.45, 7) is 4.70. The van der Waals surface area contributed by atoms with E-state index < -0.39 is 0 Å². The third-order valence-corrected chi connectivity index (χ3v) is 2.41. The van der Waals surface area contributed by atoms with Crippen LogP contribution in [0.1, 0.15) is 19.4 Å². The maximum Gasteiger partial charge on any atom is 0.327 e. The summed E-state index contributed by atoms with van der Waals surface area (Å²) in [7, 11) is 0. The predicted molar refractivity (Wildman–Crippen MR) is 55.4 cm³/mol. The van der Waals surface area contributed by atoms with Crippen LogP contribution in [0.5, 0.6) is 0 Å². The zero-order valence-corrected chi connectivity index (χ0v) is 8.37. The van der Waals surface area contributed by atoms with Gasteiger partial charge in [0.05, 0.1) is 5.52 Å². The van der Waals surface area contributed by atoms with Crippen molar-refractivity contribution in [2.75, 3.05) is 0 Å². The lowest BCUT2D eigenvalue weighted by atomic mass is 10.2. The van der Waals surface area contributed by atoms with Crippen LogP contribution in [0, 0.1) is 0 Å². The Labute approximate surface area is 81.6 Å². The average Bonchev–Trinajstić information content (AvgIpc) is 2.52. The van der Waals surface area contributed by atoms with E-state index in [1.807, 2.05) is 13.0 Å². The summed E-state index contributed by atoms with van der Waals surface area (Å²) in [5, 5.41) is 0. The Kier molecular flexibility index (Phi) is 2.11. The Morgan fingerprint density at radius 3 is 2.93 bits per heavy atom. The van der Waals surface area contributed by atoms with Gasteiger partial charge in [0.1, 0.15) is 0 Å². The minimum absolute atomic E-state index is 0.0803. The monoisotopic (exact) mass is 191 g/mol. The molecule has 2 aromatic rings. The third-order valence-electron chi connectivity index (χ3n) is 2.41. The number of hydrogen-bond acceptors (Lipinski definition) is 2. The number of pyridine rings is 1. The summed E-state index contributed by atoms with van der Waals surface area (Å²) in [5.41, 5.74) is 2.65. The highest BCUT2D eigenvalue weighted by Gasteiger charge is 2.05. The molecule has 0 saturated carbocycles. The van der Waals surface area contributed by atoms with E-state index in [2.05, 4.69) is 16.9 Å². The molecule has 0 bridgehead atoms. The Bertz CT molecular complexity index is 510. The van der Waals surface area contributed by atoms with Crippen LogP contribution in [0.4, 0.5) is 0 Å². The van der Waals surface area contributed by atoms with Gasteiger partial charge in [-0.3, -0.25) is 9.55 Å². The number of nitrogens with zero attached hydrogens (tertiary/aromatic N) is 2. The summed E-state index contributed by atoms with van der Waals surface area (Å²) in [4.78, 5) is 18.4. The Morgan fingerprint density at radius 1 is 1.50 bits per heavy atom. The minimum Gasteiger partial charge on any atom is -0.291 e. The predicted octanol–water partition coefficient (Wildman–Crippen LogP) is 1.31. The van der Waals surface area contributed by atoms with Crippen molar-refractivity contribution in [3.63, 3.8) is 0 Å². The number of nitrogens with one attached hydrogen (secondary N) is 1. The second kappa shape index (κ2) is 3.29. The summed E-state index contributed by atoms with van der Waals surface area (Å²) in [6.07, 6.45) is 2.74. The van der Waals surface area contributed by atoms with Gasteiger partial charge in [-0.15, -0.1) is 0 Å². The van der Waals surface area contributed by atoms with Crippen LogP contribution in [-0.4, -0.2) is 14.5 Å². The lowest BCUT2D eigenvalue weighted by Gasteiger charge is -1.99. The Morgan fingerprint density at radius 2 is 2.29 bits per heavy atom. The van der Waals surface area contributed by atoms with Crippen molar-refractivity contribution in [1.29, 1.82) is 0 Å². The van der Waals surface area contributed by atoms with Gasteiger partial charge in [0.15, 0.2) is 5.65 Å². The molecule has 0 saturated heterocycles. The highest BCUT2D eigenvalue weighted by atomic mass is 16.1. The van der Waals surface area contributed by atoms with Crippen molar-refractivity contribution in [3.8, 4) is 0 Å². The van der Waals surface area contributed by atoms with Crippen LogP contribution in [0.15, 0.2) is 17.1 Å². The second-order valence-corrected chi connectivity index (χ2v) is 3.24. The van der Waals surface area contributed by atoms with E-state index in [0.717, 1.165) is 17.5 Å². The van der Waals surface area contributed by atoms with Gasteiger partial charge in [0, 0.05) is 12.7 Å². The fourth-order valence-electron chi connectivity index (χ4n) is 1.58. The first-order valence-corrected chi connectivity index (χ1v) is 4.83. The quantitative estimate of drug-likeness (QED) is 0.778. The average molecular weight is 191 g/mol. The molecule has 0 atom stereocenters. The molecule has 0 fully saturated rings. The van der Waals surface area contributed by atoms with Crippen LogP contribution in [-0.2, 0) is 13.0 Å². The molecule has 0 aliphatic rings. The van der Waals surface area contributed by atoms with Crippen LogP contribution >= 0.6 is 0 Å². The van der Waals surface area contributed by atoms with Gasteiger partial charge in [-0.25, -0.2) is 9.78 Å². The molecule has 14 heavy (non-hydrogen) atoms. The number of H-pyrrole nitrogens is 1. The van der Waals surface area contributed by atoms with Crippen molar-refractivity contribution in [3.05, 3.63) is 28.3 Å². The molecule has 0 aliphatic heterocycles. The van der Waals surface area contributed by atoms with Crippen LogP contribution in [0.3, 0.4) is 0 Å².